The Labute approximate surface area is 406 Å². The maximum absolute atomic E-state index is 10.1. The molecule has 374 valence electrons. The molecule has 3 aliphatic heterocycles. The first-order valence-corrected chi connectivity index (χ1v) is 24.0. The van der Waals surface area contributed by atoms with E-state index in [1.165, 1.54) is 13.4 Å². The van der Waals surface area contributed by atoms with Gasteiger partial charge in [0.2, 0.25) is 0 Å². The standard InChI is InChI=1S/C25H32N6O3.C24H35N5O4.CH5N/c1-3-26-15-21(32)16-34-22-6-4-5-18(11-22)25-29-23(19-13-27-17-28-14-19)12-24(30-25)31(2)20-7-9-33-10-8-20;1-25-16-20(30)17-33-21-5-3-4-18(14-21)24-26-22(28(2)19-6-10-31-11-7-19)15-23(27-24)29-8-12-32-13-9-29;1-2/h4-6,11-14,17,20-21,26,32H,3,7-10,15-16H2,1-2H3;3-5,14-15,19-20,25,30H,6-13,16-17H2,1-2H3;2H2,1H3. The third-order valence-corrected chi connectivity index (χ3v) is 11.9. The number of aliphatic hydroxyl groups excluding tert-OH is 2. The van der Waals surface area contributed by atoms with Gasteiger partial charge in [-0.3, -0.25) is 0 Å². The van der Waals surface area contributed by atoms with Crippen molar-refractivity contribution in [2.45, 2.75) is 56.9 Å². The second-order valence-corrected chi connectivity index (χ2v) is 16.8. The van der Waals surface area contributed by atoms with E-state index in [0.29, 0.717) is 61.5 Å². The average Bonchev–Trinajstić information content (AvgIpc) is 3.42. The molecular weight excluding hydrogens is 881 g/mol. The molecule has 19 nitrogen and oxygen atoms in total. The number of ether oxygens (including phenoxy) is 5. The topological polar surface area (TPSA) is 224 Å². The Morgan fingerprint density at radius 2 is 1.19 bits per heavy atom. The molecule has 3 aliphatic rings. The summed E-state index contributed by atoms with van der Waals surface area (Å²) in [6, 6.07) is 20.2. The summed E-state index contributed by atoms with van der Waals surface area (Å²) in [6.07, 6.45) is 7.75. The quantitative estimate of drug-likeness (QED) is 0.0796. The second kappa shape index (κ2) is 28.1. The van der Waals surface area contributed by atoms with Crippen LogP contribution in [0.25, 0.3) is 34.0 Å². The van der Waals surface area contributed by atoms with Crippen LogP contribution in [-0.4, -0.2) is 178 Å². The summed E-state index contributed by atoms with van der Waals surface area (Å²) >= 11 is 0. The number of rotatable bonds is 19. The van der Waals surface area contributed by atoms with Gasteiger partial charge in [0, 0.05) is 120 Å². The van der Waals surface area contributed by atoms with E-state index in [4.69, 9.17) is 43.6 Å². The van der Waals surface area contributed by atoms with Gasteiger partial charge in [-0.2, -0.15) is 0 Å². The molecule has 0 aliphatic carbocycles. The third-order valence-electron chi connectivity index (χ3n) is 11.9. The largest absolute Gasteiger partial charge is 0.491 e. The van der Waals surface area contributed by atoms with Crippen LogP contribution in [0.3, 0.4) is 0 Å². The Balaban J connectivity index is 0.000000219. The molecule has 0 amide bonds. The van der Waals surface area contributed by atoms with E-state index >= 15 is 0 Å². The van der Waals surface area contributed by atoms with Crippen molar-refractivity contribution in [2.24, 2.45) is 5.73 Å². The number of nitrogens with zero attached hydrogens (tertiary/aromatic N) is 9. The van der Waals surface area contributed by atoms with Gasteiger partial charge in [-0.05, 0) is 70.6 Å². The molecule has 2 unspecified atom stereocenters. The first kappa shape index (κ1) is 52.7. The maximum atomic E-state index is 10.1. The van der Waals surface area contributed by atoms with Gasteiger partial charge < -0.3 is 65.0 Å². The number of nitrogens with two attached hydrogens (primary N) is 1. The van der Waals surface area contributed by atoms with Crippen molar-refractivity contribution in [1.82, 2.24) is 40.5 Å². The van der Waals surface area contributed by atoms with Crippen LogP contribution in [0.5, 0.6) is 11.5 Å². The Morgan fingerprint density at radius 1 is 0.681 bits per heavy atom. The highest BCUT2D eigenvalue weighted by molar-refractivity contribution is 5.68. The fraction of sp³-hybridized carbons (Fsp3) is 0.520. The molecule has 3 fully saturated rings. The van der Waals surface area contributed by atoms with Crippen molar-refractivity contribution < 1.29 is 33.9 Å². The summed E-state index contributed by atoms with van der Waals surface area (Å²) in [5.74, 6) is 5.25. The minimum atomic E-state index is -0.582. The number of anilines is 3. The van der Waals surface area contributed by atoms with Crippen LogP contribution < -0.4 is 40.5 Å². The molecule has 6 heterocycles. The Bertz CT molecular complexity index is 2250. The highest BCUT2D eigenvalue weighted by Crippen LogP contribution is 2.31. The summed E-state index contributed by atoms with van der Waals surface area (Å²) < 4.78 is 28.3. The summed E-state index contributed by atoms with van der Waals surface area (Å²) in [5, 5.41) is 26.1. The SMILES string of the molecule is CCNCC(O)COc1cccc(-c2nc(-c3cncnc3)cc(N(C)C3CCOCC3)n2)c1.CN.CNCC(O)COc1cccc(-c2nc(N3CCOCC3)cc(N(C)C3CCOCC3)n2)c1. The number of hydrogen-bond acceptors (Lipinski definition) is 19. The Hall–Kier alpha value is -5.64. The number of likely N-dealkylation sites (N-methyl/N-ethyl adjacent to an activating group) is 2. The van der Waals surface area contributed by atoms with Gasteiger partial charge in [0.25, 0.3) is 0 Å². The number of morpholine rings is 1. The lowest BCUT2D eigenvalue weighted by molar-refractivity contribution is 0.0852. The molecule has 0 bridgehead atoms. The van der Waals surface area contributed by atoms with E-state index in [1.54, 1.807) is 19.4 Å². The molecule has 69 heavy (non-hydrogen) atoms. The molecule has 3 aromatic heterocycles. The lowest BCUT2D eigenvalue weighted by Crippen LogP contribution is -2.39. The van der Waals surface area contributed by atoms with Gasteiger partial charge in [0.1, 0.15) is 60.7 Å². The summed E-state index contributed by atoms with van der Waals surface area (Å²) in [7, 11) is 7.48. The molecule has 0 saturated carbocycles. The molecule has 0 radical (unpaired) electrons. The van der Waals surface area contributed by atoms with Crippen LogP contribution in [-0.2, 0) is 14.2 Å². The molecule has 19 heteroatoms. The zero-order valence-electron chi connectivity index (χ0n) is 40.9. The lowest BCUT2D eigenvalue weighted by Gasteiger charge is -2.33. The lowest BCUT2D eigenvalue weighted by atomic mass is 10.1. The van der Waals surface area contributed by atoms with Crippen LogP contribution in [0, 0.1) is 0 Å². The zero-order chi connectivity index (χ0) is 48.8. The summed E-state index contributed by atoms with van der Waals surface area (Å²) in [4.78, 5) is 34.6. The van der Waals surface area contributed by atoms with Crippen LogP contribution in [0.2, 0.25) is 0 Å². The highest BCUT2D eigenvalue weighted by atomic mass is 16.5. The molecule has 6 N–H and O–H groups in total. The highest BCUT2D eigenvalue weighted by Gasteiger charge is 2.24. The molecule has 5 aromatic rings. The van der Waals surface area contributed by atoms with Crippen LogP contribution in [0.4, 0.5) is 17.5 Å². The smallest absolute Gasteiger partial charge is 0.163 e. The molecule has 3 saturated heterocycles. The van der Waals surface area contributed by atoms with Gasteiger partial charge in [-0.1, -0.05) is 31.2 Å². The van der Waals surface area contributed by atoms with Crippen molar-refractivity contribution in [2.75, 3.05) is 128 Å². The van der Waals surface area contributed by atoms with Crippen molar-refractivity contribution >= 4 is 17.5 Å². The van der Waals surface area contributed by atoms with E-state index in [-0.39, 0.29) is 13.2 Å². The Morgan fingerprint density at radius 3 is 1.72 bits per heavy atom. The number of aromatic nitrogens is 6. The van der Waals surface area contributed by atoms with Crippen LogP contribution >= 0.6 is 0 Å². The first-order valence-electron chi connectivity index (χ1n) is 24.0. The van der Waals surface area contributed by atoms with Gasteiger partial charge in [0.15, 0.2) is 11.6 Å². The van der Waals surface area contributed by atoms with E-state index in [9.17, 15) is 10.2 Å². The molecule has 0 spiro atoms. The molecule has 2 aromatic carbocycles. The average molecular weight is 953 g/mol. The normalized spacial score (nSPS) is 16.3. The fourth-order valence-electron chi connectivity index (χ4n) is 8.03. The summed E-state index contributed by atoms with van der Waals surface area (Å²) in [6.45, 7) is 10.3. The van der Waals surface area contributed by atoms with Gasteiger partial charge in [-0.25, -0.2) is 29.9 Å². The van der Waals surface area contributed by atoms with Crippen molar-refractivity contribution in [1.29, 1.82) is 0 Å². The number of hydrogen-bond donors (Lipinski definition) is 5. The zero-order valence-corrected chi connectivity index (χ0v) is 40.9. The fourth-order valence-corrected chi connectivity index (χ4v) is 8.03. The minimum Gasteiger partial charge on any atom is -0.491 e. The number of nitrogens with one attached hydrogen (secondary N) is 2. The van der Waals surface area contributed by atoms with Crippen molar-refractivity contribution in [3.63, 3.8) is 0 Å². The monoisotopic (exact) mass is 953 g/mol. The molecular formula is C50H72N12O7. The van der Waals surface area contributed by atoms with E-state index < -0.39 is 12.2 Å². The van der Waals surface area contributed by atoms with Crippen molar-refractivity contribution in [3.8, 4) is 45.5 Å². The maximum Gasteiger partial charge on any atom is 0.163 e. The first-order chi connectivity index (χ1) is 33.8. The molecule has 2 atom stereocenters. The third kappa shape index (κ3) is 15.9. The van der Waals surface area contributed by atoms with Gasteiger partial charge >= 0.3 is 0 Å². The van der Waals surface area contributed by atoms with Crippen molar-refractivity contribution in [3.05, 3.63) is 79.4 Å². The molecule has 8 rings (SSSR count). The Kier molecular flexibility index (Phi) is 21.5. The van der Waals surface area contributed by atoms with Gasteiger partial charge in [0.05, 0.1) is 18.9 Å². The number of benzene rings is 2. The van der Waals surface area contributed by atoms with Crippen LogP contribution in [0.1, 0.15) is 32.6 Å². The predicted molar refractivity (Wildman–Crippen MR) is 269 cm³/mol. The van der Waals surface area contributed by atoms with E-state index in [2.05, 4.69) is 61.2 Å². The number of aliphatic hydroxyl groups is 2. The second-order valence-electron chi connectivity index (χ2n) is 16.8. The van der Waals surface area contributed by atoms with Gasteiger partial charge in [-0.15, -0.1) is 0 Å². The van der Waals surface area contributed by atoms with E-state index in [1.807, 2.05) is 61.5 Å². The van der Waals surface area contributed by atoms with E-state index in [0.717, 1.165) is 112 Å². The minimum absolute atomic E-state index is 0.205. The summed E-state index contributed by atoms with van der Waals surface area (Å²) in [5.41, 5.74) is 7.80. The predicted octanol–water partition coefficient (Wildman–Crippen LogP) is 3.69. The van der Waals surface area contributed by atoms with Crippen LogP contribution in [0.15, 0.2) is 79.4 Å².